The molecule has 4 nitrogen and oxygen atoms in total. The van der Waals surface area contributed by atoms with Crippen LogP contribution < -0.4 is 0 Å². The van der Waals surface area contributed by atoms with E-state index in [-0.39, 0.29) is 0 Å². The highest BCUT2D eigenvalue weighted by atomic mass is 19.3. The Bertz CT molecular complexity index is 322. The predicted molar refractivity (Wildman–Crippen MR) is 39.5 cm³/mol. The zero-order chi connectivity index (χ0) is 10.1. The van der Waals surface area contributed by atoms with Crippen molar-refractivity contribution in [1.29, 1.82) is 0 Å². The van der Waals surface area contributed by atoms with Crippen LogP contribution in [-0.2, 0) is 11.3 Å². The summed E-state index contributed by atoms with van der Waals surface area (Å²) >= 11 is 0. The Kier molecular flexibility index (Phi) is 2.31. The van der Waals surface area contributed by atoms with E-state index in [1.54, 1.807) is 6.92 Å². The van der Waals surface area contributed by atoms with Crippen LogP contribution in [0.25, 0.3) is 0 Å². The third-order valence-corrected chi connectivity index (χ3v) is 1.45. The Labute approximate surface area is 72.8 Å². The number of hydrogen-bond donors (Lipinski definition) is 1. The molecule has 0 amide bonds. The SMILES string of the molecule is Cc1ccn(CC(F)(F)C(=O)O)n1. The van der Waals surface area contributed by atoms with E-state index in [2.05, 4.69) is 5.10 Å². The number of carboxylic acids is 1. The van der Waals surface area contributed by atoms with Crippen molar-refractivity contribution in [3.8, 4) is 0 Å². The lowest BCUT2D eigenvalue weighted by atomic mass is 10.3. The van der Waals surface area contributed by atoms with Gasteiger partial charge >= 0.3 is 11.9 Å². The van der Waals surface area contributed by atoms with Crippen LogP contribution in [0.2, 0.25) is 0 Å². The first-order valence-corrected chi connectivity index (χ1v) is 3.53. The van der Waals surface area contributed by atoms with Crippen molar-refractivity contribution in [2.75, 3.05) is 0 Å². The highest BCUT2D eigenvalue weighted by Crippen LogP contribution is 2.15. The number of alkyl halides is 2. The van der Waals surface area contributed by atoms with Crippen LogP contribution in [0.4, 0.5) is 8.78 Å². The molecule has 0 aliphatic carbocycles. The van der Waals surface area contributed by atoms with Crippen molar-refractivity contribution in [1.82, 2.24) is 9.78 Å². The lowest BCUT2D eigenvalue weighted by molar-refractivity contribution is -0.167. The number of halogens is 2. The van der Waals surface area contributed by atoms with E-state index in [1.807, 2.05) is 0 Å². The Morgan fingerprint density at radius 3 is 2.77 bits per heavy atom. The molecule has 6 heteroatoms. The number of carboxylic acid groups (broad SMARTS) is 1. The highest BCUT2D eigenvalue weighted by Gasteiger charge is 2.39. The molecule has 0 aliphatic heterocycles. The molecule has 0 atom stereocenters. The normalized spacial score (nSPS) is 11.6. The molecule has 0 saturated heterocycles. The molecule has 1 N–H and O–H groups in total. The van der Waals surface area contributed by atoms with Gasteiger partial charge in [-0.15, -0.1) is 0 Å². The second-order valence-electron chi connectivity index (χ2n) is 2.66. The molecule has 0 unspecified atom stereocenters. The molecule has 0 saturated carbocycles. The number of rotatable bonds is 3. The van der Waals surface area contributed by atoms with Gasteiger partial charge in [0.25, 0.3) is 0 Å². The maximum atomic E-state index is 12.6. The molecule has 72 valence electrons. The topological polar surface area (TPSA) is 55.1 Å². The summed E-state index contributed by atoms with van der Waals surface area (Å²) in [5, 5.41) is 11.8. The molecule has 1 aromatic rings. The summed E-state index contributed by atoms with van der Waals surface area (Å²) in [5.74, 6) is -5.90. The van der Waals surface area contributed by atoms with E-state index in [4.69, 9.17) is 5.11 Å². The molecule has 0 aromatic carbocycles. The lowest BCUT2D eigenvalue weighted by Crippen LogP contribution is -2.33. The minimum Gasteiger partial charge on any atom is -0.477 e. The summed E-state index contributed by atoms with van der Waals surface area (Å²) < 4.78 is 26.1. The van der Waals surface area contributed by atoms with Gasteiger partial charge in [-0.3, -0.25) is 4.68 Å². The molecular weight excluding hydrogens is 182 g/mol. The van der Waals surface area contributed by atoms with Crippen molar-refractivity contribution >= 4 is 5.97 Å². The van der Waals surface area contributed by atoms with Crippen molar-refractivity contribution in [2.24, 2.45) is 0 Å². The van der Waals surface area contributed by atoms with Crippen molar-refractivity contribution < 1.29 is 18.7 Å². The fraction of sp³-hybridized carbons (Fsp3) is 0.429. The van der Waals surface area contributed by atoms with Crippen LogP contribution in [0, 0.1) is 6.92 Å². The van der Waals surface area contributed by atoms with E-state index in [1.165, 1.54) is 12.3 Å². The molecule has 0 radical (unpaired) electrons. The van der Waals surface area contributed by atoms with E-state index in [0.717, 1.165) is 4.68 Å². The predicted octanol–water partition coefficient (Wildman–Crippen LogP) is 0.911. The Morgan fingerprint density at radius 2 is 2.38 bits per heavy atom. The zero-order valence-corrected chi connectivity index (χ0v) is 6.87. The first kappa shape index (κ1) is 9.63. The number of aromatic nitrogens is 2. The van der Waals surface area contributed by atoms with Crippen molar-refractivity contribution in [3.05, 3.63) is 18.0 Å². The Morgan fingerprint density at radius 1 is 1.77 bits per heavy atom. The van der Waals surface area contributed by atoms with Gasteiger partial charge in [-0.1, -0.05) is 0 Å². The quantitative estimate of drug-likeness (QED) is 0.770. The molecule has 0 fully saturated rings. The minimum absolute atomic E-state index is 0.571. The van der Waals surface area contributed by atoms with Gasteiger partial charge in [0.15, 0.2) is 0 Å². The van der Waals surface area contributed by atoms with Crippen molar-refractivity contribution in [2.45, 2.75) is 19.4 Å². The molecule has 13 heavy (non-hydrogen) atoms. The molecule has 1 aromatic heterocycles. The van der Waals surface area contributed by atoms with Gasteiger partial charge in [0.1, 0.15) is 6.54 Å². The van der Waals surface area contributed by atoms with Gasteiger partial charge < -0.3 is 5.11 Å². The second kappa shape index (κ2) is 3.12. The Hall–Kier alpha value is -1.46. The van der Waals surface area contributed by atoms with Crippen LogP contribution in [-0.4, -0.2) is 26.8 Å². The first-order chi connectivity index (χ1) is 5.92. The van der Waals surface area contributed by atoms with Gasteiger partial charge in [0.05, 0.1) is 5.69 Å². The number of aliphatic carboxylic acids is 1. The number of aryl methyl sites for hydroxylation is 1. The van der Waals surface area contributed by atoms with E-state index in [0.29, 0.717) is 5.69 Å². The van der Waals surface area contributed by atoms with Crippen LogP contribution in [0.1, 0.15) is 5.69 Å². The van der Waals surface area contributed by atoms with Crippen LogP contribution in [0.15, 0.2) is 12.3 Å². The average Bonchev–Trinajstić information content (AvgIpc) is 2.34. The fourth-order valence-corrected chi connectivity index (χ4v) is 0.822. The van der Waals surface area contributed by atoms with Crippen LogP contribution >= 0.6 is 0 Å². The second-order valence-corrected chi connectivity index (χ2v) is 2.66. The number of nitrogens with zero attached hydrogens (tertiary/aromatic N) is 2. The van der Waals surface area contributed by atoms with E-state index < -0.39 is 18.4 Å². The zero-order valence-electron chi connectivity index (χ0n) is 6.87. The monoisotopic (exact) mass is 190 g/mol. The average molecular weight is 190 g/mol. The maximum Gasteiger partial charge on any atom is 0.376 e. The molecular formula is C7H8F2N2O2. The summed E-state index contributed by atoms with van der Waals surface area (Å²) in [4.78, 5) is 10.0. The first-order valence-electron chi connectivity index (χ1n) is 3.53. The minimum atomic E-state index is -3.77. The molecule has 0 spiro atoms. The molecule has 0 aliphatic rings. The van der Waals surface area contributed by atoms with Gasteiger partial charge in [-0.25, -0.2) is 4.79 Å². The summed E-state index contributed by atoms with van der Waals surface area (Å²) in [6, 6.07) is 1.53. The summed E-state index contributed by atoms with van der Waals surface area (Å²) in [6.45, 7) is 0.700. The van der Waals surface area contributed by atoms with Gasteiger partial charge in [0.2, 0.25) is 0 Å². The number of carbonyl (C=O) groups is 1. The lowest BCUT2D eigenvalue weighted by Gasteiger charge is -2.10. The standard InChI is InChI=1S/C7H8F2N2O2/c1-5-2-3-11(10-5)4-7(8,9)6(12)13/h2-3H,4H2,1H3,(H,12,13). The van der Waals surface area contributed by atoms with Crippen LogP contribution in [0.3, 0.4) is 0 Å². The molecule has 1 rings (SSSR count). The number of hydrogen-bond acceptors (Lipinski definition) is 2. The largest absolute Gasteiger partial charge is 0.477 e. The van der Waals surface area contributed by atoms with Crippen LogP contribution in [0.5, 0.6) is 0 Å². The molecule has 1 heterocycles. The van der Waals surface area contributed by atoms with E-state index in [9.17, 15) is 13.6 Å². The van der Waals surface area contributed by atoms with E-state index >= 15 is 0 Å². The van der Waals surface area contributed by atoms with Gasteiger partial charge in [0, 0.05) is 6.20 Å². The van der Waals surface area contributed by atoms with Crippen molar-refractivity contribution in [3.63, 3.8) is 0 Å². The summed E-state index contributed by atoms with van der Waals surface area (Å²) in [5.41, 5.74) is 0.571. The van der Waals surface area contributed by atoms with Gasteiger partial charge in [-0.2, -0.15) is 13.9 Å². The van der Waals surface area contributed by atoms with Gasteiger partial charge in [-0.05, 0) is 13.0 Å². The third-order valence-electron chi connectivity index (χ3n) is 1.45. The maximum absolute atomic E-state index is 12.6. The highest BCUT2D eigenvalue weighted by molar-refractivity contribution is 5.75. The third kappa shape index (κ3) is 2.24. The Balaban J connectivity index is 2.74. The molecule has 0 bridgehead atoms. The summed E-state index contributed by atoms with van der Waals surface area (Å²) in [7, 11) is 0. The summed E-state index contributed by atoms with van der Waals surface area (Å²) in [6.07, 6.45) is 1.31. The fourth-order valence-electron chi connectivity index (χ4n) is 0.822. The smallest absolute Gasteiger partial charge is 0.376 e.